The van der Waals surface area contributed by atoms with E-state index in [4.69, 9.17) is 9.90 Å². The Bertz CT molecular complexity index is 1410. The Morgan fingerprint density at radius 2 is 1.60 bits per heavy atom. The second-order valence-electron chi connectivity index (χ2n) is 9.26. The van der Waals surface area contributed by atoms with Crippen LogP contribution in [0.5, 0.6) is 0 Å². The molecule has 0 aromatic carbocycles. The van der Waals surface area contributed by atoms with Gasteiger partial charge >= 0.3 is 24.5 Å². The van der Waals surface area contributed by atoms with Gasteiger partial charge in [0.15, 0.2) is 0 Å². The predicted octanol–water partition coefficient (Wildman–Crippen LogP) is 5.22. The molecule has 1 aliphatic rings. The molecule has 0 atom stereocenters. The number of alkyl halides is 9. The Hall–Kier alpha value is -4.38. The van der Waals surface area contributed by atoms with E-state index in [2.05, 4.69) is 25.3 Å². The minimum atomic E-state index is -5.08. The average molecular weight is 625 g/mol. The fourth-order valence-corrected chi connectivity index (χ4v) is 3.90. The summed E-state index contributed by atoms with van der Waals surface area (Å²) >= 11 is 0. The molecule has 0 fully saturated rings. The lowest BCUT2D eigenvalue weighted by atomic mass is 10.1. The van der Waals surface area contributed by atoms with Crippen LogP contribution in [-0.4, -0.2) is 64.4 Å². The van der Waals surface area contributed by atoms with Crippen LogP contribution in [0.2, 0.25) is 0 Å². The van der Waals surface area contributed by atoms with Crippen LogP contribution < -0.4 is 15.1 Å². The number of hydrogen-bond donors (Lipinski definition) is 2. The molecule has 0 radical (unpaired) electrons. The lowest BCUT2D eigenvalue weighted by molar-refractivity contribution is -0.192. The number of carboxylic acid groups (broad SMARTS) is 1. The predicted molar refractivity (Wildman–Crippen MR) is 135 cm³/mol. The molecule has 0 spiro atoms. The minimum Gasteiger partial charge on any atom is -0.475 e. The molecule has 0 unspecified atom stereocenters. The van der Waals surface area contributed by atoms with Gasteiger partial charge in [0.2, 0.25) is 5.95 Å². The summed E-state index contributed by atoms with van der Waals surface area (Å²) in [5.41, 5.74) is 0.163. The highest BCUT2D eigenvalue weighted by Crippen LogP contribution is 2.36. The van der Waals surface area contributed by atoms with Crippen LogP contribution in [0.25, 0.3) is 0 Å². The number of rotatable bonds is 5. The van der Waals surface area contributed by atoms with Gasteiger partial charge in [-0.05, 0) is 30.2 Å². The maximum absolute atomic E-state index is 13.6. The number of anilines is 3. The molecule has 1 aliphatic heterocycles. The maximum atomic E-state index is 13.6. The van der Waals surface area contributed by atoms with Crippen LogP contribution in [0.1, 0.15) is 28.1 Å². The van der Waals surface area contributed by atoms with E-state index < -0.39 is 35.8 Å². The normalized spacial score (nSPS) is 13.8. The van der Waals surface area contributed by atoms with Crippen LogP contribution in [0, 0.1) is 0 Å². The molecule has 3 aromatic rings. The summed E-state index contributed by atoms with van der Waals surface area (Å²) in [6, 6.07) is 4.50. The Kier molecular flexibility index (Phi) is 9.91. The zero-order valence-corrected chi connectivity index (χ0v) is 22.4. The van der Waals surface area contributed by atoms with Crippen LogP contribution in [0.15, 0.2) is 36.7 Å². The van der Waals surface area contributed by atoms with Crippen molar-refractivity contribution in [3.63, 3.8) is 0 Å². The van der Waals surface area contributed by atoms with Gasteiger partial charge in [0, 0.05) is 58.1 Å². The first-order chi connectivity index (χ1) is 19.9. The summed E-state index contributed by atoms with van der Waals surface area (Å²) in [5.74, 6) is -2.01. The molecule has 2 N–H and O–H groups in total. The summed E-state index contributed by atoms with van der Waals surface area (Å²) in [7, 11) is 3.52. The monoisotopic (exact) mass is 625 g/mol. The zero-order valence-electron chi connectivity index (χ0n) is 22.4. The van der Waals surface area contributed by atoms with Crippen molar-refractivity contribution in [1.82, 2.24) is 19.9 Å². The molecule has 234 valence electrons. The second-order valence-corrected chi connectivity index (χ2v) is 9.26. The minimum absolute atomic E-state index is 0.135. The van der Waals surface area contributed by atoms with E-state index in [1.807, 2.05) is 0 Å². The average Bonchev–Trinajstić information content (AvgIpc) is 3.13. The molecule has 43 heavy (non-hydrogen) atoms. The zero-order chi connectivity index (χ0) is 32.2. The third-order valence-corrected chi connectivity index (χ3v) is 5.94. The lowest BCUT2D eigenvalue weighted by Gasteiger charge is -2.24. The molecular formula is C25H24F9N7O2. The largest absolute Gasteiger partial charge is 0.490 e. The van der Waals surface area contributed by atoms with Gasteiger partial charge in [-0.1, -0.05) is 6.07 Å². The van der Waals surface area contributed by atoms with E-state index in [9.17, 15) is 39.5 Å². The second kappa shape index (κ2) is 12.9. The maximum Gasteiger partial charge on any atom is 0.490 e. The van der Waals surface area contributed by atoms with Crippen molar-refractivity contribution in [2.24, 2.45) is 0 Å². The number of carboxylic acids is 1. The number of nitrogens with zero attached hydrogens (tertiary/aromatic N) is 6. The summed E-state index contributed by atoms with van der Waals surface area (Å²) in [4.78, 5) is 28.8. The van der Waals surface area contributed by atoms with Gasteiger partial charge in [-0.25, -0.2) is 14.8 Å². The molecule has 0 saturated carbocycles. The summed E-state index contributed by atoms with van der Waals surface area (Å²) in [5, 5.41) is 10.3. The highest BCUT2D eigenvalue weighted by atomic mass is 19.4. The van der Waals surface area contributed by atoms with Crippen LogP contribution in [0.4, 0.5) is 57.1 Å². The van der Waals surface area contributed by atoms with Gasteiger partial charge in [-0.15, -0.1) is 0 Å². The summed E-state index contributed by atoms with van der Waals surface area (Å²) in [6.45, 7) is 0.692. The highest BCUT2D eigenvalue weighted by molar-refractivity contribution is 5.73. The van der Waals surface area contributed by atoms with Crippen molar-refractivity contribution in [3.05, 3.63) is 64.7 Å². The number of pyridine rings is 2. The number of hydrogen-bond acceptors (Lipinski definition) is 8. The molecule has 9 nitrogen and oxygen atoms in total. The van der Waals surface area contributed by atoms with E-state index in [1.54, 1.807) is 23.9 Å². The van der Waals surface area contributed by atoms with Crippen LogP contribution in [-0.2, 0) is 36.5 Å². The first-order valence-corrected chi connectivity index (χ1v) is 12.3. The van der Waals surface area contributed by atoms with Gasteiger partial charge in [-0.3, -0.25) is 4.98 Å². The van der Waals surface area contributed by atoms with Crippen molar-refractivity contribution in [3.8, 4) is 0 Å². The number of halogens is 9. The number of fused-ring (bicyclic) bond motifs is 1. The number of aliphatic carboxylic acids is 1. The number of carbonyl (C=O) groups is 1. The first kappa shape index (κ1) is 33.1. The summed E-state index contributed by atoms with van der Waals surface area (Å²) < 4.78 is 111. The fraction of sp³-hybridized carbons (Fsp3) is 0.400. The molecule has 0 saturated heterocycles. The SMILES string of the molecule is CN(C)c1nc2c(c(NCc3ccc(C(F)(F)F)nc3)n1)CCN(c1ncccc1C(F)(F)F)CC2.O=C(O)C(F)(F)F. The van der Waals surface area contributed by atoms with E-state index in [0.717, 1.165) is 23.9 Å². The molecule has 18 heteroatoms. The fourth-order valence-electron chi connectivity index (χ4n) is 3.90. The number of aromatic nitrogens is 4. The Balaban J connectivity index is 0.000000646. The van der Waals surface area contributed by atoms with Gasteiger partial charge < -0.3 is 20.2 Å². The molecule has 4 rings (SSSR count). The highest BCUT2D eigenvalue weighted by Gasteiger charge is 2.38. The van der Waals surface area contributed by atoms with Gasteiger partial charge in [-0.2, -0.15) is 44.5 Å². The first-order valence-electron chi connectivity index (χ1n) is 12.3. The van der Waals surface area contributed by atoms with Crippen molar-refractivity contribution in [1.29, 1.82) is 0 Å². The molecule has 0 aliphatic carbocycles. The van der Waals surface area contributed by atoms with Crippen LogP contribution >= 0.6 is 0 Å². The Morgan fingerprint density at radius 3 is 2.14 bits per heavy atom. The Morgan fingerprint density at radius 1 is 0.953 bits per heavy atom. The van der Waals surface area contributed by atoms with E-state index in [1.165, 1.54) is 18.3 Å². The van der Waals surface area contributed by atoms with Crippen molar-refractivity contribution in [2.75, 3.05) is 42.3 Å². The molecular weight excluding hydrogens is 601 g/mol. The van der Waals surface area contributed by atoms with E-state index in [0.29, 0.717) is 35.9 Å². The van der Waals surface area contributed by atoms with Crippen LogP contribution in [0.3, 0.4) is 0 Å². The third-order valence-electron chi connectivity index (χ3n) is 5.94. The topological polar surface area (TPSA) is 107 Å². The lowest BCUT2D eigenvalue weighted by Crippen LogP contribution is -2.29. The van der Waals surface area contributed by atoms with Gasteiger partial charge in [0.25, 0.3) is 0 Å². The number of nitrogens with one attached hydrogen (secondary N) is 1. The molecule has 0 amide bonds. The third kappa shape index (κ3) is 8.81. The Labute approximate surface area is 238 Å². The van der Waals surface area contributed by atoms with E-state index >= 15 is 0 Å². The summed E-state index contributed by atoms with van der Waals surface area (Å²) in [6.07, 6.45) is -11.0. The molecule has 0 bridgehead atoms. The smallest absolute Gasteiger partial charge is 0.475 e. The standard InChI is InChI=1S/C23H23F6N7.C2HF3O2/c1-35(2)21-33-17-8-11-36(20-16(22(24,25)26)4-3-9-30-20)10-7-15(17)19(34-21)32-13-14-5-6-18(31-12-14)23(27,28)29;3-2(4,5)1(6)7/h3-6,9,12H,7-8,10-11,13H2,1-2H3,(H,32,33,34);(H,6,7). The van der Waals surface area contributed by atoms with Crippen molar-refractivity contribution >= 4 is 23.6 Å². The van der Waals surface area contributed by atoms with Gasteiger partial charge in [0.1, 0.15) is 17.3 Å². The molecule has 3 aromatic heterocycles. The molecule has 4 heterocycles. The van der Waals surface area contributed by atoms with Crippen molar-refractivity contribution in [2.45, 2.75) is 37.9 Å². The van der Waals surface area contributed by atoms with Gasteiger partial charge in [0.05, 0.1) is 11.3 Å². The quantitative estimate of drug-likeness (QED) is 0.369. The van der Waals surface area contributed by atoms with E-state index in [-0.39, 0.29) is 25.5 Å². The van der Waals surface area contributed by atoms with Crippen molar-refractivity contribution < 1.29 is 49.4 Å².